The summed E-state index contributed by atoms with van der Waals surface area (Å²) in [6.07, 6.45) is 1.02. The Morgan fingerprint density at radius 1 is 1.18 bits per heavy atom. The first kappa shape index (κ1) is 31.1. The Balaban J connectivity index is 1.44. The normalized spacial score (nSPS) is 16.5. The fraction of sp³-hybridized carbons (Fsp3) is 0.281. The van der Waals surface area contributed by atoms with E-state index in [1.165, 1.54) is 20.2 Å². The first-order valence-electron chi connectivity index (χ1n) is 13.9. The number of carbonyl (C=O) groups is 1. The third-order valence-electron chi connectivity index (χ3n) is 7.85. The monoisotopic (exact) mass is 622 g/mol. The van der Waals surface area contributed by atoms with Crippen LogP contribution < -0.4 is 26.6 Å². The van der Waals surface area contributed by atoms with Crippen LogP contribution in [-0.4, -0.2) is 53.0 Å². The average molecular weight is 623 g/mol. The van der Waals surface area contributed by atoms with Gasteiger partial charge in [0, 0.05) is 54.8 Å². The van der Waals surface area contributed by atoms with Crippen molar-refractivity contribution in [2.24, 2.45) is 7.05 Å². The van der Waals surface area contributed by atoms with Gasteiger partial charge in [-0.15, -0.1) is 0 Å². The molecule has 230 valence electrons. The van der Waals surface area contributed by atoms with Crippen molar-refractivity contribution < 1.29 is 23.8 Å². The fourth-order valence-electron chi connectivity index (χ4n) is 5.26. The van der Waals surface area contributed by atoms with Gasteiger partial charge in [-0.1, -0.05) is 41.9 Å². The number of hydrogen-bond donors (Lipinski definition) is 4. The molecule has 0 radical (unpaired) electrons. The molecule has 1 aromatic heterocycles. The molecule has 3 aromatic carbocycles. The van der Waals surface area contributed by atoms with Crippen LogP contribution in [-0.2, 0) is 18.3 Å². The average Bonchev–Trinajstić information content (AvgIpc) is 3.01. The number of amides is 1. The molecule has 1 saturated heterocycles. The first-order valence-corrected chi connectivity index (χ1v) is 14.3. The number of carbonyl (C=O) groups excluding carboxylic acids is 1. The Morgan fingerprint density at radius 3 is 2.66 bits per heavy atom. The van der Waals surface area contributed by atoms with Gasteiger partial charge in [0.05, 0.1) is 24.8 Å². The second kappa shape index (κ2) is 13.1. The van der Waals surface area contributed by atoms with E-state index in [-0.39, 0.29) is 24.8 Å². The quantitative estimate of drug-likeness (QED) is 0.233. The Hall–Kier alpha value is -4.29. The predicted octanol–water partition coefficient (Wildman–Crippen LogP) is 4.01. The van der Waals surface area contributed by atoms with Crippen LogP contribution in [0.2, 0.25) is 5.02 Å². The van der Waals surface area contributed by atoms with Crippen LogP contribution in [0.5, 0.6) is 5.75 Å². The standard InChI is InChI=1S/C32H32ClFN4O6/c1-17-19(6-5-9-25(17)37-30(40)23-15-36-32(42)38(2)31(23)41)21-8-4-7-20(29(21)33)18-12-24(34)22(28(13-18)43-3)14-35-26-10-11-44-16-27(26)39/h4-9,12-13,15,26-27,35,39H,10-11,14,16H2,1-3H3,(H,36,42)(H,37,40)/t26-,27+/m0/s1. The molecule has 5 rings (SSSR count). The van der Waals surface area contributed by atoms with Crippen molar-refractivity contribution >= 4 is 23.2 Å². The molecule has 1 fully saturated rings. The zero-order valence-corrected chi connectivity index (χ0v) is 25.1. The Morgan fingerprint density at radius 2 is 1.91 bits per heavy atom. The van der Waals surface area contributed by atoms with Crippen LogP contribution in [0.3, 0.4) is 0 Å². The van der Waals surface area contributed by atoms with Crippen LogP contribution in [0, 0.1) is 12.7 Å². The van der Waals surface area contributed by atoms with E-state index < -0.39 is 29.1 Å². The van der Waals surface area contributed by atoms with Crippen LogP contribution in [0.15, 0.2) is 64.3 Å². The summed E-state index contributed by atoms with van der Waals surface area (Å²) < 4.78 is 27.1. The van der Waals surface area contributed by atoms with Gasteiger partial charge >= 0.3 is 5.69 Å². The zero-order chi connectivity index (χ0) is 31.5. The van der Waals surface area contributed by atoms with Crippen molar-refractivity contribution in [1.29, 1.82) is 0 Å². The predicted molar refractivity (Wildman–Crippen MR) is 166 cm³/mol. The highest BCUT2D eigenvalue weighted by Gasteiger charge is 2.25. The van der Waals surface area contributed by atoms with Crippen molar-refractivity contribution in [3.05, 3.63) is 103 Å². The lowest BCUT2D eigenvalue weighted by molar-refractivity contribution is -0.0281. The molecule has 2 atom stereocenters. The van der Waals surface area contributed by atoms with E-state index in [0.29, 0.717) is 62.9 Å². The molecule has 4 N–H and O–H groups in total. The highest BCUT2D eigenvalue weighted by atomic mass is 35.5. The van der Waals surface area contributed by atoms with Gasteiger partial charge in [0.15, 0.2) is 0 Å². The van der Waals surface area contributed by atoms with Crippen LogP contribution in [0.25, 0.3) is 22.3 Å². The zero-order valence-electron chi connectivity index (χ0n) is 24.4. The van der Waals surface area contributed by atoms with E-state index in [0.717, 1.165) is 10.8 Å². The van der Waals surface area contributed by atoms with E-state index >= 15 is 4.39 Å². The van der Waals surface area contributed by atoms with Crippen LogP contribution >= 0.6 is 11.6 Å². The van der Waals surface area contributed by atoms with Crippen molar-refractivity contribution in [3.8, 4) is 28.0 Å². The third kappa shape index (κ3) is 6.18. The van der Waals surface area contributed by atoms with Crippen LogP contribution in [0.1, 0.15) is 27.9 Å². The smallest absolute Gasteiger partial charge is 0.328 e. The second-order valence-electron chi connectivity index (χ2n) is 10.5. The maximum atomic E-state index is 15.5. The van der Waals surface area contributed by atoms with Gasteiger partial charge < -0.3 is 30.2 Å². The molecule has 0 aliphatic carbocycles. The second-order valence-corrected chi connectivity index (χ2v) is 10.9. The number of aliphatic hydroxyl groups excluding tert-OH is 1. The van der Waals surface area contributed by atoms with Crippen molar-refractivity contribution in [2.75, 3.05) is 25.6 Å². The topological polar surface area (TPSA) is 135 Å². The third-order valence-corrected chi connectivity index (χ3v) is 8.26. The van der Waals surface area contributed by atoms with Crippen LogP contribution in [0.4, 0.5) is 10.1 Å². The summed E-state index contributed by atoms with van der Waals surface area (Å²) >= 11 is 6.94. The highest BCUT2D eigenvalue weighted by molar-refractivity contribution is 6.36. The molecule has 2 heterocycles. The minimum Gasteiger partial charge on any atom is -0.496 e. The number of aromatic nitrogens is 2. The van der Waals surface area contributed by atoms with Gasteiger partial charge in [-0.25, -0.2) is 9.18 Å². The highest BCUT2D eigenvalue weighted by Crippen LogP contribution is 2.40. The van der Waals surface area contributed by atoms with E-state index in [4.69, 9.17) is 21.1 Å². The Labute approximate surface area is 257 Å². The molecule has 44 heavy (non-hydrogen) atoms. The summed E-state index contributed by atoms with van der Waals surface area (Å²) in [7, 11) is 2.75. The summed E-state index contributed by atoms with van der Waals surface area (Å²) in [6, 6.07) is 13.6. The number of benzene rings is 3. The van der Waals surface area contributed by atoms with Gasteiger partial charge in [0.1, 0.15) is 17.1 Å². The molecule has 0 spiro atoms. The fourth-order valence-corrected chi connectivity index (χ4v) is 5.60. The number of anilines is 1. The summed E-state index contributed by atoms with van der Waals surface area (Å²) in [5, 5.41) is 16.5. The Bertz CT molecular complexity index is 1840. The number of hydrogen-bond acceptors (Lipinski definition) is 7. The summed E-state index contributed by atoms with van der Waals surface area (Å²) in [4.78, 5) is 39.4. The van der Waals surface area contributed by atoms with E-state index in [2.05, 4.69) is 15.6 Å². The first-order chi connectivity index (χ1) is 21.1. The SMILES string of the molecule is COc1cc(-c2cccc(-c3cccc(NC(=O)c4c[nH]c(=O)n(C)c4=O)c3C)c2Cl)cc(F)c1CN[C@H]1CCOC[C@H]1O. The summed E-state index contributed by atoms with van der Waals surface area (Å²) in [6.45, 7) is 2.72. The number of aromatic amines is 1. The summed E-state index contributed by atoms with van der Waals surface area (Å²) in [5.41, 5.74) is 2.35. The number of rotatable bonds is 8. The molecular weight excluding hydrogens is 591 g/mol. The molecule has 10 nitrogen and oxygen atoms in total. The van der Waals surface area contributed by atoms with E-state index in [1.54, 1.807) is 37.3 Å². The van der Waals surface area contributed by atoms with Gasteiger partial charge in [-0.2, -0.15) is 0 Å². The number of nitrogens with one attached hydrogen (secondary N) is 3. The minimum atomic E-state index is -0.721. The lowest BCUT2D eigenvalue weighted by atomic mass is 9.94. The summed E-state index contributed by atoms with van der Waals surface area (Å²) in [5.74, 6) is -0.820. The molecular formula is C32H32ClFN4O6. The van der Waals surface area contributed by atoms with Crippen molar-refractivity contribution in [1.82, 2.24) is 14.9 Å². The molecule has 1 aliphatic heterocycles. The number of H-pyrrole nitrogens is 1. The van der Waals surface area contributed by atoms with Gasteiger partial charge in [-0.05, 0) is 48.2 Å². The molecule has 1 amide bonds. The van der Waals surface area contributed by atoms with E-state index in [1.807, 2.05) is 12.1 Å². The maximum Gasteiger partial charge on any atom is 0.328 e. The number of ether oxygens (including phenoxy) is 2. The van der Waals surface area contributed by atoms with Crippen molar-refractivity contribution in [2.45, 2.75) is 32.0 Å². The molecule has 0 unspecified atom stereocenters. The van der Waals surface area contributed by atoms with Gasteiger partial charge in [0.2, 0.25) is 0 Å². The molecule has 0 bridgehead atoms. The lowest BCUT2D eigenvalue weighted by Crippen LogP contribution is -2.46. The maximum absolute atomic E-state index is 15.5. The lowest BCUT2D eigenvalue weighted by Gasteiger charge is -2.29. The number of methoxy groups -OCH3 is 1. The number of aliphatic hydroxyl groups is 1. The van der Waals surface area contributed by atoms with E-state index in [9.17, 15) is 19.5 Å². The molecule has 0 saturated carbocycles. The molecule has 12 heteroatoms. The van der Waals surface area contributed by atoms with Gasteiger partial charge in [-0.3, -0.25) is 14.2 Å². The number of halogens is 2. The Kier molecular flexibility index (Phi) is 9.31. The largest absolute Gasteiger partial charge is 0.496 e. The van der Waals surface area contributed by atoms with Crippen molar-refractivity contribution in [3.63, 3.8) is 0 Å². The number of nitrogens with zero attached hydrogens (tertiary/aromatic N) is 1. The minimum absolute atomic E-state index is 0.160. The molecule has 4 aromatic rings. The molecule has 1 aliphatic rings. The van der Waals surface area contributed by atoms with Gasteiger partial charge in [0.25, 0.3) is 11.5 Å².